The number of anilines is 1. The van der Waals surface area contributed by atoms with Gasteiger partial charge < -0.3 is 19.5 Å². The van der Waals surface area contributed by atoms with Crippen molar-refractivity contribution in [1.82, 2.24) is 25.0 Å². The maximum Gasteiger partial charge on any atom is 0.355 e. The number of piperazine rings is 1. The summed E-state index contributed by atoms with van der Waals surface area (Å²) >= 11 is 0. The molecule has 2 aliphatic heterocycles. The maximum atomic E-state index is 12.6. The van der Waals surface area contributed by atoms with Crippen LogP contribution in [-0.2, 0) is 21.4 Å². The topological polar surface area (TPSA) is 139 Å². The van der Waals surface area contributed by atoms with Crippen LogP contribution in [0.1, 0.15) is 73.1 Å². The number of aryl methyl sites for hydroxylation is 1. The Labute approximate surface area is 297 Å². The Kier molecular flexibility index (Phi) is 10.1. The van der Waals surface area contributed by atoms with Crippen molar-refractivity contribution >= 4 is 34.4 Å². The SMILES string of the molecule is Cc1c(OC2CCC(OC[C@@H](C)N3CCN(c4cccc5c([C@H]6CCC(=O)NC6=O)nn(C)c45)CC3)CC2)cccc1-c1cccnc1C(=O)O. The summed E-state index contributed by atoms with van der Waals surface area (Å²) in [6, 6.07) is 15.8. The van der Waals surface area contributed by atoms with E-state index in [1.165, 1.54) is 6.20 Å². The zero-order valence-corrected chi connectivity index (χ0v) is 29.5. The number of aromatic carboxylic acids is 1. The van der Waals surface area contributed by atoms with Crippen molar-refractivity contribution in [3.63, 3.8) is 0 Å². The summed E-state index contributed by atoms with van der Waals surface area (Å²) in [5, 5.41) is 17.9. The number of carboxylic acid groups (broad SMARTS) is 1. The summed E-state index contributed by atoms with van der Waals surface area (Å²) in [7, 11) is 1.93. The molecule has 4 heterocycles. The van der Waals surface area contributed by atoms with Crippen LogP contribution in [-0.4, -0.2) is 93.6 Å². The molecule has 1 aliphatic carbocycles. The van der Waals surface area contributed by atoms with Gasteiger partial charge in [-0.1, -0.05) is 30.3 Å². The van der Waals surface area contributed by atoms with Gasteiger partial charge in [0, 0.05) is 62.8 Å². The van der Waals surface area contributed by atoms with Crippen LogP contribution >= 0.6 is 0 Å². The second-order valence-corrected chi connectivity index (χ2v) is 14.0. The quantitative estimate of drug-likeness (QED) is 0.216. The van der Waals surface area contributed by atoms with Crippen LogP contribution in [0.5, 0.6) is 5.75 Å². The van der Waals surface area contributed by atoms with Crippen LogP contribution in [0.25, 0.3) is 22.0 Å². The molecule has 1 saturated carbocycles. The standard InChI is InChI=1S/C39H46N6O6/c1-24(23-50-26-12-14-27(15-13-26)51-33-11-5-7-28(25(33)2)29-9-6-18-40-36(29)39(48)49)44-19-21-45(22-20-44)32-10-4-8-30-35(42-43(3)37(30)32)31-16-17-34(46)41-38(31)47/h4-11,18,24,26-27,31H,12-17,19-23H2,1-3H3,(H,48,49)(H,41,46,47)/t24-,26?,27?,31-/m1/s1. The van der Waals surface area contributed by atoms with Crippen molar-refractivity contribution in [1.29, 1.82) is 0 Å². The zero-order chi connectivity index (χ0) is 35.6. The minimum absolute atomic E-state index is 0.0379. The van der Waals surface area contributed by atoms with Crippen molar-refractivity contribution < 1.29 is 29.0 Å². The lowest BCUT2D eigenvalue weighted by Gasteiger charge is -2.40. The molecule has 7 rings (SSSR count). The highest BCUT2D eigenvalue weighted by molar-refractivity contribution is 6.03. The molecule has 2 N–H and O–H groups in total. The number of carboxylic acids is 1. The number of carbonyl (C=O) groups excluding carboxylic acids is 2. The van der Waals surface area contributed by atoms with Crippen LogP contribution in [0.4, 0.5) is 5.69 Å². The van der Waals surface area contributed by atoms with Crippen LogP contribution in [0.15, 0.2) is 54.7 Å². The van der Waals surface area contributed by atoms with Gasteiger partial charge in [0.2, 0.25) is 11.8 Å². The van der Waals surface area contributed by atoms with Crippen molar-refractivity contribution in [2.24, 2.45) is 7.05 Å². The first-order valence-electron chi connectivity index (χ1n) is 18.0. The first kappa shape index (κ1) is 34.6. The first-order valence-corrected chi connectivity index (χ1v) is 18.0. The van der Waals surface area contributed by atoms with E-state index in [4.69, 9.17) is 14.6 Å². The highest BCUT2D eigenvalue weighted by Gasteiger charge is 2.33. The number of benzene rings is 2. The molecule has 0 bridgehead atoms. The number of piperidine rings is 1. The molecule has 2 amide bonds. The number of amides is 2. The van der Waals surface area contributed by atoms with E-state index in [0.29, 0.717) is 31.1 Å². The molecule has 3 aliphatic rings. The summed E-state index contributed by atoms with van der Waals surface area (Å²) in [5.74, 6) is -1.17. The summed E-state index contributed by atoms with van der Waals surface area (Å²) in [4.78, 5) is 45.1. The molecule has 51 heavy (non-hydrogen) atoms. The van der Waals surface area contributed by atoms with Gasteiger partial charge >= 0.3 is 5.97 Å². The molecule has 2 aromatic carbocycles. The molecule has 0 radical (unpaired) electrons. The van der Waals surface area contributed by atoms with Gasteiger partial charge in [-0.05, 0) is 75.3 Å². The third kappa shape index (κ3) is 7.20. The van der Waals surface area contributed by atoms with Crippen molar-refractivity contribution in [2.75, 3.05) is 37.7 Å². The van der Waals surface area contributed by atoms with E-state index < -0.39 is 11.9 Å². The Morgan fingerprint density at radius 2 is 1.69 bits per heavy atom. The number of aromatic nitrogens is 3. The lowest BCUT2D eigenvalue weighted by atomic mass is 9.92. The summed E-state index contributed by atoms with van der Waals surface area (Å²) < 4.78 is 14.8. The zero-order valence-electron chi connectivity index (χ0n) is 29.5. The number of ether oxygens (including phenoxy) is 2. The largest absolute Gasteiger partial charge is 0.490 e. The number of carbonyl (C=O) groups is 3. The summed E-state index contributed by atoms with van der Waals surface area (Å²) in [6.07, 6.45) is 6.27. The molecule has 12 nitrogen and oxygen atoms in total. The Morgan fingerprint density at radius 3 is 2.43 bits per heavy atom. The van der Waals surface area contributed by atoms with E-state index in [2.05, 4.69) is 33.1 Å². The number of hydrogen-bond acceptors (Lipinski definition) is 9. The molecule has 2 saturated heterocycles. The second kappa shape index (κ2) is 14.8. The van der Waals surface area contributed by atoms with Crippen LogP contribution < -0.4 is 15.0 Å². The third-order valence-corrected chi connectivity index (χ3v) is 10.8. The van der Waals surface area contributed by atoms with E-state index in [9.17, 15) is 19.5 Å². The number of fused-ring (bicyclic) bond motifs is 1. The van der Waals surface area contributed by atoms with Crippen molar-refractivity contribution in [3.05, 3.63) is 71.7 Å². The molecule has 0 unspecified atom stereocenters. The van der Waals surface area contributed by atoms with Crippen LogP contribution in [0, 0.1) is 6.92 Å². The fraction of sp³-hybridized carbons (Fsp3) is 0.462. The van der Waals surface area contributed by atoms with E-state index in [1.54, 1.807) is 12.1 Å². The second-order valence-electron chi connectivity index (χ2n) is 14.0. The van der Waals surface area contributed by atoms with Crippen LogP contribution in [0.3, 0.4) is 0 Å². The van der Waals surface area contributed by atoms with Gasteiger partial charge in [0.15, 0.2) is 5.69 Å². The minimum Gasteiger partial charge on any atom is -0.490 e. The smallest absolute Gasteiger partial charge is 0.355 e. The lowest BCUT2D eigenvalue weighted by Crippen LogP contribution is -2.51. The van der Waals surface area contributed by atoms with Crippen molar-refractivity contribution in [3.8, 4) is 16.9 Å². The molecule has 12 heteroatoms. The average Bonchev–Trinajstić information content (AvgIpc) is 3.48. The maximum absolute atomic E-state index is 12.6. The van der Waals surface area contributed by atoms with E-state index in [-0.39, 0.29) is 29.7 Å². The number of pyridine rings is 1. The van der Waals surface area contributed by atoms with Gasteiger partial charge in [-0.15, -0.1) is 0 Å². The van der Waals surface area contributed by atoms with E-state index >= 15 is 0 Å². The Morgan fingerprint density at radius 1 is 0.961 bits per heavy atom. The normalized spacial score (nSPS) is 22.2. The molecule has 2 atom stereocenters. The van der Waals surface area contributed by atoms with E-state index in [1.807, 2.05) is 49.0 Å². The Balaban J connectivity index is 0.896. The predicted octanol–water partition coefficient (Wildman–Crippen LogP) is 5.08. The van der Waals surface area contributed by atoms with Crippen LogP contribution in [0.2, 0.25) is 0 Å². The molecule has 2 aromatic heterocycles. The highest BCUT2D eigenvalue weighted by atomic mass is 16.5. The predicted molar refractivity (Wildman–Crippen MR) is 193 cm³/mol. The number of rotatable bonds is 10. The molecule has 0 spiro atoms. The first-order chi connectivity index (χ1) is 24.7. The number of nitrogens with zero attached hydrogens (tertiary/aromatic N) is 5. The summed E-state index contributed by atoms with van der Waals surface area (Å²) in [5.41, 5.74) is 5.23. The number of hydrogen-bond donors (Lipinski definition) is 2. The number of nitrogens with one attached hydrogen (secondary N) is 1. The lowest BCUT2D eigenvalue weighted by molar-refractivity contribution is -0.134. The van der Waals surface area contributed by atoms with Gasteiger partial charge in [-0.3, -0.25) is 24.5 Å². The van der Waals surface area contributed by atoms with E-state index in [0.717, 1.165) is 91.0 Å². The van der Waals surface area contributed by atoms with Gasteiger partial charge in [0.1, 0.15) is 5.75 Å². The number of imide groups is 1. The van der Waals surface area contributed by atoms with Gasteiger partial charge in [-0.2, -0.15) is 5.10 Å². The van der Waals surface area contributed by atoms with Gasteiger partial charge in [-0.25, -0.2) is 9.78 Å². The highest BCUT2D eigenvalue weighted by Crippen LogP contribution is 2.36. The van der Waals surface area contributed by atoms with Gasteiger partial charge in [0.25, 0.3) is 0 Å². The van der Waals surface area contributed by atoms with Crippen molar-refractivity contribution in [2.45, 2.75) is 76.5 Å². The molecule has 3 fully saturated rings. The molecular formula is C39H46N6O6. The average molecular weight is 695 g/mol. The van der Waals surface area contributed by atoms with Gasteiger partial charge in [0.05, 0.1) is 41.6 Å². The summed E-state index contributed by atoms with van der Waals surface area (Å²) in [6.45, 7) is 8.50. The number of para-hydroxylation sites is 1. The Hall–Kier alpha value is -4.81. The monoisotopic (exact) mass is 694 g/mol. The minimum atomic E-state index is -1.05. The molecular weight excluding hydrogens is 648 g/mol. The fourth-order valence-corrected chi connectivity index (χ4v) is 7.92. The Bertz CT molecular complexity index is 1930. The third-order valence-electron chi connectivity index (χ3n) is 10.8. The molecule has 4 aromatic rings. The molecule has 268 valence electrons. The fourth-order valence-electron chi connectivity index (χ4n) is 7.92.